The van der Waals surface area contributed by atoms with Crippen molar-refractivity contribution in [1.29, 1.82) is 5.26 Å². The van der Waals surface area contributed by atoms with Crippen molar-refractivity contribution in [3.05, 3.63) is 84.9 Å². The zero-order valence-electron chi connectivity index (χ0n) is 15.4. The Morgan fingerprint density at radius 1 is 1.03 bits per heavy atom. The Labute approximate surface area is 172 Å². The van der Waals surface area contributed by atoms with Crippen LogP contribution in [0, 0.1) is 11.3 Å². The van der Waals surface area contributed by atoms with Crippen molar-refractivity contribution in [2.45, 2.75) is 4.90 Å². The van der Waals surface area contributed by atoms with Crippen molar-refractivity contribution in [2.75, 3.05) is 4.72 Å². The first-order chi connectivity index (χ1) is 14.5. The van der Waals surface area contributed by atoms with Gasteiger partial charge in [-0.3, -0.25) is 4.72 Å². The van der Waals surface area contributed by atoms with E-state index in [1.54, 1.807) is 53.5 Å². The van der Waals surface area contributed by atoms with Crippen LogP contribution < -0.4 is 9.46 Å². The number of anilines is 1. The fourth-order valence-electron chi connectivity index (χ4n) is 2.55. The fraction of sp³-hybridized carbons (Fsp3) is 0. The normalized spacial score (nSPS) is 10.9. The summed E-state index contributed by atoms with van der Waals surface area (Å²) in [5.41, 5.74) is 0.752. The van der Waals surface area contributed by atoms with Gasteiger partial charge in [0.05, 0.1) is 16.5 Å². The third-order valence-corrected chi connectivity index (χ3v) is 5.39. The van der Waals surface area contributed by atoms with Gasteiger partial charge in [-0.15, -0.1) is 0 Å². The molecule has 0 saturated carbocycles. The minimum atomic E-state index is -3.77. The summed E-state index contributed by atoms with van der Waals surface area (Å²) in [6.07, 6.45) is 4.76. The maximum atomic E-state index is 12.5. The van der Waals surface area contributed by atoms with Gasteiger partial charge in [0.1, 0.15) is 12.1 Å². The summed E-state index contributed by atoms with van der Waals surface area (Å²) < 4.78 is 34.7. The molecule has 0 amide bonds. The van der Waals surface area contributed by atoms with Crippen LogP contribution in [0.5, 0.6) is 11.6 Å². The molecule has 10 heteroatoms. The van der Waals surface area contributed by atoms with E-state index in [0.29, 0.717) is 28.7 Å². The van der Waals surface area contributed by atoms with Crippen molar-refractivity contribution in [3.63, 3.8) is 0 Å². The molecule has 9 nitrogen and oxygen atoms in total. The van der Waals surface area contributed by atoms with Crippen LogP contribution in [-0.2, 0) is 10.0 Å². The molecule has 0 spiro atoms. The Hall–Kier alpha value is -4.23. The Morgan fingerprint density at radius 3 is 2.47 bits per heavy atom. The van der Waals surface area contributed by atoms with Gasteiger partial charge in [-0.2, -0.15) is 10.4 Å². The summed E-state index contributed by atoms with van der Waals surface area (Å²) in [6.45, 7) is 0. The predicted octanol–water partition coefficient (Wildman–Crippen LogP) is 3.13. The monoisotopic (exact) mass is 418 g/mol. The number of ether oxygens (including phenoxy) is 1. The highest BCUT2D eigenvalue weighted by Crippen LogP contribution is 2.24. The fourth-order valence-corrected chi connectivity index (χ4v) is 3.61. The summed E-state index contributed by atoms with van der Waals surface area (Å²) in [6, 6.07) is 17.4. The zero-order chi connectivity index (χ0) is 21.0. The van der Waals surface area contributed by atoms with Crippen LogP contribution in [0.25, 0.3) is 5.82 Å². The molecule has 1 N–H and O–H groups in total. The molecule has 0 radical (unpaired) electrons. The second kappa shape index (κ2) is 8.02. The number of nitriles is 1. The first-order valence-electron chi connectivity index (χ1n) is 8.66. The van der Waals surface area contributed by atoms with Gasteiger partial charge in [-0.05, 0) is 54.6 Å². The van der Waals surface area contributed by atoms with Crippen molar-refractivity contribution in [2.24, 2.45) is 0 Å². The summed E-state index contributed by atoms with van der Waals surface area (Å²) in [7, 11) is -3.77. The molecule has 2 heterocycles. The topological polar surface area (TPSA) is 123 Å². The van der Waals surface area contributed by atoms with E-state index in [4.69, 9.17) is 10.00 Å². The van der Waals surface area contributed by atoms with Gasteiger partial charge in [0.2, 0.25) is 5.88 Å². The molecule has 30 heavy (non-hydrogen) atoms. The lowest BCUT2D eigenvalue weighted by atomic mass is 10.2. The van der Waals surface area contributed by atoms with E-state index in [9.17, 15) is 8.42 Å². The van der Waals surface area contributed by atoms with Gasteiger partial charge >= 0.3 is 0 Å². The van der Waals surface area contributed by atoms with Crippen molar-refractivity contribution < 1.29 is 13.2 Å². The largest absolute Gasteiger partial charge is 0.439 e. The van der Waals surface area contributed by atoms with Gasteiger partial charge in [0, 0.05) is 24.1 Å². The Bertz CT molecular complexity index is 1300. The molecule has 0 aliphatic rings. The summed E-state index contributed by atoms with van der Waals surface area (Å²) in [5, 5.41) is 12.9. The first kappa shape index (κ1) is 19.1. The van der Waals surface area contributed by atoms with Crippen LogP contribution in [0.15, 0.2) is 84.3 Å². The minimum Gasteiger partial charge on any atom is -0.439 e. The zero-order valence-corrected chi connectivity index (χ0v) is 16.2. The smallest absolute Gasteiger partial charge is 0.261 e. The number of nitrogens with one attached hydrogen (secondary N) is 1. The minimum absolute atomic E-state index is 0.0639. The highest BCUT2D eigenvalue weighted by atomic mass is 32.2. The molecule has 2 aromatic heterocycles. The second-order valence-corrected chi connectivity index (χ2v) is 7.72. The maximum Gasteiger partial charge on any atom is 0.261 e. The molecule has 0 saturated heterocycles. The average molecular weight is 418 g/mol. The summed E-state index contributed by atoms with van der Waals surface area (Å²) in [5.74, 6) is 1.35. The van der Waals surface area contributed by atoms with Crippen molar-refractivity contribution >= 4 is 15.7 Å². The summed E-state index contributed by atoms with van der Waals surface area (Å²) in [4.78, 5) is 8.27. The number of nitrogens with zero attached hydrogens (tertiary/aromatic N) is 5. The second-order valence-electron chi connectivity index (χ2n) is 6.03. The third-order valence-electron chi connectivity index (χ3n) is 3.99. The van der Waals surface area contributed by atoms with Gasteiger partial charge < -0.3 is 4.74 Å². The lowest BCUT2D eigenvalue weighted by Crippen LogP contribution is -2.12. The Balaban J connectivity index is 1.47. The molecule has 0 atom stereocenters. The van der Waals surface area contributed by atoms with E-state index < -0.39 is 10.0 Å². The van der Waals surface area contributed by atoms with E-state index in [1.165, 1.54) is 30.6 Å². The highest BCUT2D eigenvalue weighted by Gasteiger charge is 2.14. The number of hydrogen-bond donors (Lipinski definition) is 1. The van der Waals surface area contributed by atoms with E-state index in [0.717, 1.165) is 0 Å². The van der Waals surface area contributed by atoms with Gasteiger partial charge in [-0.25, -0.2) is 23.1 Å². The molecule has 4 aromatic rings. The Kier molecular flexibility index (Phi) is 5.11. The molecule has 0 aliphatic heterocycles. The number of benzene rings is 2. The highest BCUT2D eigenvalue weighted by molar-refractivity contribution is 7.92. The molecule has 0 unspecified atom stereocenters. The van der Waals surface area contributed by atoms with Crippen LogP contribution >= 0.6 is 0 Å². The Morgan fingerprint density at radius 2 is 1.80 bits per heavy atom. The number of sulfonamides is 1. The van der Waals surface area contributed by atoms with E-state index in [-0.39, 0.29) is 4.90 Å². The van der Waals surface area contributed by atoms with Crippen LogP contribution in [0.4, 0.5) is 5.69 Å². The molecule has 2 aromatic carbocycles. The van der Waals surface area contributed by atoms with Crippen LogP contribution in [0.3, 0.4) is 0 Å². The molecule has 148 valence electrons. The summed E-state index contributed by atoms with van der Waals surface area (Å²) >= 11 is 0. The van der Waals surface area contributed by atoms with Crippen LogP contribution in [-0.4, -0.2) is 28.2 Å². The standard InChI is InChI=1S/C20H14N6O3S/c21-13-15-2-8-18(9-3-15)30(27,28)25-16-4-6-17(7-5-16)29-20-12-19(22-14-23-20)26-11-1-10-24-26/h1-12,14,25H. The molecule has 0 bridgehead atoms. The molecule has 0 aliphatic carbocycles. The SMILES string of the molecule is N#Cc1ccc(S(=O)(=O)Nc2ccc(Oc3cc(-n4cccn4)ncn3)cc2)cc1. The molecular formula is C20H14N6O3S. The van der Waals surface area contributed by atoms with Crippen LogP contribution in [0.2, 0.25) is 0 Å². The molecule has 4 rings (SSSR count). The molecule has 0 fully saturated rings. The average Bonchev–Trinajstić information content (AvgIpc) is 3.30. The number of hydrogen-bond acceptors (Lipinski definition) is 7. The van der Waals surface area contributed by atoms with Gasteiger partial charge in [-0.1, -0.05) is 0 Å². The van der Waals surface area contributed by atoms with E-state index in [1.807, 2.05) is 6.07 Å². The molecular weight excluding hydrogens is 404 g/mol. The third kappa shape index (κ3) is 4.26. The number of aromatic nitrogens is 4. The maximum absolute atomic E-state index is 12.5. The lowest BCUT2D eigenvalue weighted by Gasteiger charge is -2.10. The van der Waals surface area contributed by atoms with Gasteiger partial charge in [0.15, 0.2) is 5.82 Å². The predicted molar refractivity (Wildman–Crippen MR) is 108 cm³/mol. The lowest BCUT2D eigenvalue weighted by molar-refractivity contribution is 0.460. The van der Waals surface area contributed by atoms with Crippen LogP contribution in [0.1, 0.15) is 5.56 Å². The number of rotatable bonds is 6. The van der Waals surface area contributed by atoms with Gasteiger partial charge in [0.25, 0.3) is 10.0 Å². The van der Waals surface area contributed by atoms with Crippen molar-refractivity contribution in [1.82, 2.24) is 19.7 Å². The van der Waals surface area contributed by atoms with E-state index >= 15 is 0 Å². The van der Waals surface area contributed by atoms with E-state index in [2.05, 4.69) is 19.8 Å². The quantitative estimate of drug-likeness (QED) is 0.510. The van der Waals surface area contributed by atoms with Crippen molar-refractivity contribution in [3.8, 4) is 23.5 Å². The first-order valence-corrected chi connectivity index (χ1v) is 10.1.